The highest BCUT2D eigenvalue weighted by molar-refractivity contribution is 6.45. The summed E-state index contributed by atoms with van der Waals surface area (Å²) in [5.74, 6) is -2.38. The summed E-state index contributed by atoms with van der Waals surface area (Å²) in [5, 5.41) is 7.13. The Hall–Kier alpha value is -3.39. The number of nitrogens with zero attached hydrogens (tertiary/aromatic N) is 1. The van der Waals surface area contributed by atoms with E-state index in [2.05, 4.69) is 15.8 Å². The molecule has 0 aromatic heterocycles. The van der Waals surface area contributed by atoms with Crippen LogP contribution in [0.5, 0.6) is 5.75 Å². The number of para-hydroxylation sites is 1. The molecule has 0 aliphatic carbocycles. The van der Waals surface area contributed by atoms with Gasteiger partial charge < -0.3 is 10.1 Å². The molecule has 0 bridgehead atoms. The number of carbonyl (C=O) groups excluding carboxylic acids is 3. The Labute approximate surface area is 204 Å². The number of esters is 1. The maximum absolute atomic E-state index is 12.4. The van der Waals surface area contributed by atoms with Gasteiger partial charge in [0.05, 0.1) is 27.0 Å². The van der Waals surface area contributed by atoms with Gasteiger partial charge in [0.15, 0.2) is 0 Å². The van der Waals surface area contributed by atoms with Crippen LogP contribution in [0.25, 0.3) is 0 Å². The van der Waals surface area contributed by atoms with Crippen molar-refractivity contribution in [1.82, 2.24) is 5.43 Å². The van der Waals surface area contributed by atoms with Crippen molar-refractivity contribution in [2.24, 2.45) is 5.10 Å². The van der Waals surface area contributed by atoms with Gasteiger partial charge in [0.25, 0.3) is 0 Å². The van der Waals surface area contributed by atoms with Crippen molar-refractivity contribution in [2.75, 3.05) is 5.32 Å². The number of carbonyl (C=O) groups is 3. The van der Waals surface area contributed by atoms with Gasteiger partial charge in [0.2, 0.25) is 0 Å². The molecule has 0 unspecified atom stereocenters. The van der Waals surface area contributed by atoms with E-state index in [9.17, 15) is 14.4 Å². The number of anilines is 1. The molecule has 0 spiro atoms. The van der Waals surface area contributed by atoms with Gasteiger partial charge >= 0.3 is 17.8 Å². The number of halogens is 3. The fourth-order valence-electron chi connectivity index (χ4n) is 2.62. The summed E-state index contributed by atoms with van der Waals surface area (Å²) in [6.45, 7) is 1.58. The van der Waals surface area contributed by atoms with Crippen molar-refractivity contribution >= 4 is 64.0 Å². The predicted octanol–water partition coefficient (Wildman–Crippen LogP) is 5.34. The first-order chi connectivity index (χ1) is 15.8. The van der Waals surface area contributed by atoms with E-state index in [0.717, 1.165) is 0 Å². The lowest BCUT2D eigenvalue weighted by Crippen LogP contribution is -2.33. The molecule has 0 atom stereocenters. The van der Waals surface area contributed by atoms with Crippen LogP contribution in [0.4, 0.5) is 5.69 Å². The second kappa shape index (κ2) is 11.0. The normalized spacial score (nSPS) is 11.0. The van der Waals surface area contributed by atoms with Crippen LogP contribution in [0, 0.1) is 0 Å². The van der Waals surface area contributed by atoms with Gasteiger partial charge in [-0.2, -0.15) is 5.10 Å². The van der Waals surface area contributed by atoms with Crippen LogP contribution >= 0.6 is 34.8 Å². The first kappa shape index (κ1) is 24.3. The lowest BCUT2D eigenvalue weighted by Gasteiger charge is -2.10. The van der Waals surface area contributed by atoms with E-state index in [4.69, 9.17) is 39.5 Å². The number of benzene rings is 3. The zero-order chi connectivity index (χ0) is 24.0. The first-order valence-electron chi connectivity index (χ1n) is 9.43. The van der Waals surface area contributed by atoms with Crippen molar-refractivity contribution in [3.05, 3.63) is 92.9 Å². The van der Waals surface area contributed by atoms with Gasteiger partial charge in [-0.05, 0) is 55.5 Å². The monoisotopic (exact) mass is 503 g/mol. The lowest BCUT2D eigenvalue weighted by molar-refractivity contribution is -0.136. The number of hydrogen-bond donors (Lipinski definition) is 2. The number of ether oxygens (including phenoxy) is 1. The third kappa shape index (κ3) is 6.32. The summed E-state index contributed by atoms with van der Waals surface area (Å²) in [7, 11) is 0. The largest absolute Gasteiger partial charge is 0.422 e. The number of nitrogens with one attached hydrogen (secondary N) is 2. The second-order valence-electron chi connectivity index (χ2n) is 6.59. The molecule has 0 heterocycles. The van der Waals surface area contributed by atoms with Gasteiger partial charge in [-0.1, -0.05) is 53.0 Å². The molecule has 3 rings (SSSR count). The molecule has 7 nitrogen and oxygen atoms in total. The average Bonchev–Trinajstić information content (AvgIpc) is 2.81. The molecule has 0 aliphatic heterocycles. The molecular formula is C23H16Cl3N3O4. The molecule has 3 aromatic carbocycles. The van der Waals surface area contributed by atoms with Gasteiger partial charge in [0, 0.05) is 10.6 Å². The van der Waals surface area contributed by atoms with Crippen molar-refractivity contribution in [3.63, 3.8) is 0 Å². The molecule has 0 saturated carbocycles. The molecule has 0 aliphatic rings. The van der Waals surface area contributed by atoms with Crippen molar-refractivity contribution in [3.8, 4) is 5.75 Å². The quantitative estimate of drug-likeness (QED) is 0.161. The Balaban J connectivity index is 1.69. The average molecular weight is 505 g/mol. The SMILES string of the molecule is CC(=NNC(=O)C(=O)Nc1cccc(Cl)c1Cl)c1ccccc1OC(=O)c1ccc(Cl)cc1. The van der Waals surface area contributed by atoms with Crippen LogP contribution < -0.4 is 15.5 Å². The summed E-state index contributed by atoms with van der Waals surface area (Å²) < 4.78 is 5.47. The minimum atomic E-state index is -1.03. The number of hydrazone groups is 1. The van der Waals surface area contributed by atoms with Crippen LogP contribution in [0.15, 0.2) is 71.8 Å². The third-order valence-electron chi connectivity index (χ3n) is 4.29. The van der Waals surface area contributed by atoms with E-state index in [1.54, 1.807) is 67.6 Å². The highest BCUT2D eigenvalue weighted by Crippen LogP contribution is 2.29. The summed E-state index contributed by atoms with van der Waals surface area (Å²) in [6.07, 6.45) is 0. The molecule has 2 N–H and O–H groups in total. The zero-order valence-electron chi connectivity index (χ0n) is 17.1. The van der Waals surface area contributed by atoms with Gasteiger partial charge in [-0.3, -0.25) is 9.59 Å². The molecule has 0 radical (unpaired) electrons. The van der Waals surface area contributed by atoms with Crippen molar-refractivity contribution in [1.29, 1.82) is 0 Å². The minimum Gasteiger partial charge on any atom is -0.422 e. The molecular weight excluding hydrogens is 489 g/mol. The predicted molar refractivity (Wildman–Crippen MR) is 128 cm³/mol. The van der Waals surface area contributed by atoms with Crippen molar-refractivity contribution < 1.29 is 19.1 Å². The Morgan fingerprint density at radius 2 is 1.55 bits per heavy atom. The first-order valence-corrected chi connectivity index (χ1v) is 10.6. The molecule has 2 amide bonds. The molecule has 33 heavy (non-hydrogen) atoms. The molecule has 0 fully saturated rings. The highest BCUT2D eigenvalue weighted by atomic mass is 35.5. The minimum absolute atomic E-state index is 0.108. The van der Waals surface area contributed by atoms with E-state index < -0.39 is 17.8 Å². The molecule has 168 valence electrons. The van der Waals surface area contributed by atoms with E-state index in [0.29, 0.717) is 21.9 Å². The standard InChI is InChI=1S/C23H16Cl3N3O4/c1-13(28-29-22(31)21(30)27-18-7-4-6-17(25)20(18)26)16-5-2-3-8-19(16)33-23(32)14-9-11-15(24)12-10-14/h2-12H,1H3,(H,27,30)(H,29,31). The van der Waals surface area contributed by atoms with Crippen LogP contribution in [-0.2, 0) is 9.59 Å². The van der Waals surface area contributed by atoms with E-state index in [-0.39, 0.29) is 21.5 Å². The summed E-state index contributed by atoms with van der Waals surface area (Å²) in [5.41, 5.74) is 3.40. The van der Waals surface area contributed by atoms with Crippen LogP contribution in [0.1, 0.15) is 22.8 Å². The van der Waals surface area contributed by atoms with E-state index in [1.807, 2.05) is 0 Å². The van der Waals surface area contributed by atoms with Crippen LogP contribution in [0.3, 0.4) is 0 Å². The molecule has 10 heteroatoms. The Morgan fingerprint density at radius 1 is 0.848 bits per heavy atom. The Kier molecular flexibility index (Phi) is 8.06. The second-order valence-corrected chi connectivity index (χ2v) is 7.81. The smallest absolute Gasteiger partial charge is 0.343 e. The number of rotatable bonds is 5. The third-order valence-corrected chi connectivity index (χ3v) is 5.36. The zero-order valence-corrected chi connectivity index (χ0v) is 19.3. The number of amides is 2. The van der Waals surface area contributed by atoms with Gasteiger partial charge in [-0.15, -0.1) is 0 Å². The lowest BCUT2D eigenvalue weighted by atomic mass is 10.1. The maximum atomic E-state index is 12.4. The van der Waals surface area contributed by atoms with Crippen LogP contribution in [-0.4, -0.2) is 23.5 Å². The topological polar surface area (TPSA) is 96.9 Å². The van der Waals surface area contributed by atoms with Crippen LogP contribution in [0.2, 0.25) is 15.1 Å². The Morgan fingerprint density at radius 3 is 2.27 bits per heavy atom. The fourth-order valence-corrected chi connectivity index (χ4v) is 3.10. The molecule has 3 aromatic rings. The summed E-state index contributed by atoms with van der Waals surface area (Å²) in [4.78, 5) is 36.7. The highest BCUT2D eigenvalue weighted by Gasteiger charge is 2.17. The van der Waals surface area contributed by atoms with Gasteiger partial charge in [-0.25, -0.2) is 10.2 Å². The number of hydrogen-bond acceptors (Lipinski definition) is 5. The van der Waals surface area contributed by atoms with E-state index >= 15 is 0 Å². The van der Waals surface area contributed by atoms with E-state index in [1.165, 1.54) is 6.07 Å². The van der Waals surface area contributed by atoms with Gasteiger partial charge in [0.1, 0.15) is 5.75 Å². The summed E-state index contributed by atoms with van der Waals surface area (Å²) >= 11 is 17.7. The molecule has 0 saturated heterocycles. The maximum Gasteiger partial charge on any atom is 0.343 e. The summed E-state index contributed by atoms with van der Waals surface area (Å²) in [6, 6.07) is 17.5. The fraction of sp³-hybridized carbons (Fsp3) is 0.0435. The Bertz CT molecular complexity index is 1240. The van der Waals surface area contributed by atoms with Crippen molar-refractivity contribution in [2.45, 2.75) is 6.92 Å².